The molecule has 0 unspecified atom stereocenters. The molecule has 7 heteroatoms. The van der Waals surface area contributed by atoms with Gasteiger partial charge in [-0.2, -0.15) is 0 Å². The Morgan fingerprint density at radius 3 is 2.00 bits per heavy atom. The molecule has 0 atom stereocenters. The summed E-state index contributed by atoms with van der Waals surface area (Å²) >= 11 is 0. The Kier molecular flexibility index (Phi) is 3.67. The molecule has 8 heavy (non-hydrogen) atoms. The Morgan fingerprint density at radius 1 is 1.25 bits per heavy atom. The van der Waals surface area contributed by atoms with Crippen molar-refractivity contribution in [2.24, 2.45) is 25.9 Å². The van der Waals surface area contributed by atoms with Crippen molar-refractivity contribution in [3.63, 3.8) is 0 Å². The number of rotatable bonds is 1. The van der Waals surface area contributed by atoms with E-state index in [9.17, 15) is 4.91 Å². The van der Waals surface area contributed by atoms with Gasteiger partial charge in [0.25, 0.3) is 0 Å². The molecule has 0 aliphatic carbocycles. The maximum absolute atomic E-state index is 9.45. The Balaban J connectivity index is 0.000000490. The van der Waals surface area contributed by atoms with Crippen molar-refractivity contribution < 1.29 is 0 Å². The number of hydrogen-bond acceptors (Lipinski definition) is 6. The summed E-state index contributed by atoms with van der Waals surface area (Å²) in [6.45, 7) is 0. The van der Waals surface area contributed by atoms with Gasteiger partial charge < -0.3 is 0 Å². The number of hydrogen-bond donors (Lipinski definition) is 0. The molecular weight excluding hydrogens is 121 g/mol. The van der Waals surface area contributed by atoms with Crippen LogP contribution in [0, 0.1) is 4.91 Å². The van der Waals surface area contributed by atoms with Gasteiger partial charge in [0.2, 0.25) is 0 Å². The summed E-state index contributed by atoms with van der Waals surface area (Å²) in [5, 5.41) is 14.8. The first-order valence-corrected chi connectivity index (χ1v) is 1.56. The fraction of sp³-hybridized carbons (Fsp3) is 1.00. The monoisotopic (exact) mass is 123 g/mol. The summed E-state index contributed by atoms with van der Waals surface area (Å²) < 4.78 is 0. The average Bonchev–Trinajstić information content (AvgIpc) is 2.14. The van der Waals surface area contributed by atoms with Crippen molar-refractivity contribution in [1.29, 1.82) is 0 Å². The van der Waals surface area contributed by atoms with E-state index >= 15 is 0 Å². The molecule has 0 aromatic carbocycles. The summed E-state index contributed by atoms with van der Waals surface area (Å²) in [5.41, 5.74) is 0. The third-order valence-electron chi connectivity index (χ3n) is 0.444. The van der Waals surface area contributed by atoms with Gasteiger partial charge >= 0.3 is 35.8 Å². The van der Waals surface area contributed by atoms with Gasteiger partial charge in [-0.3, -0.25) is 0 Å². The molecule has 0 fully saturated rings. The average molecular weight is 123 g/mol. The molecule has 38 valence electrons. The van der Waals surface area contributed by atoms with Crippen LogP contribution in [-0.4, -0.2) is 35.8 Å². The van der Waals surface area contributed by atoms with Gasteiger partial charge in [-0.15, -0.1) is 15.1 Å². The molecule has 0 aromatic rings. The molecule has 1 aliphatic rings. The van der Waals surface area contributed by atoms with Gasteiger partial charge in [0, 0.05) is 0 Å². The molecule has 0 bridgehead atoms. The first-order valence-electron chi connectivity index (χ1n) is 1.56. The second kappa shape index (κ2) is 3.76. The third kappa shape index (κ3) is 1.73. The maximum atomic E-state index is 9.45. The van der Waals surface area contributed by atoms with E-state index < -0.39 is 6.29 Å². The topological polar surface area (TPSA) is 78.9 Å². The van der Waals surface area contributed by atoms with E-state index in [1.165, 1.54) is 0 Å². The van der Waals surface area contributed by atoms with Crippen LogP contribution in [-0.2, 0) is 0 Å². The van der Waals surface area contributed by atoms with Crippen molar-refractivity contribution >= 4 is 29.6 Å². The minimum absolute atomic E-state index is 0. The Labute approximate surface area is 66.7 Å². The molecule has 0 saturated heterocycles. The van der Waals surface area contributed by atoms with Crippen LogP contribution in [0.15, 0.2) is 25.9 Å². The SMILES string of the molecule is O=NC1N=NN=N1.[NaH]. The van der Waals surface area contributed by atoms with Crippen LogP contribution in [0.4, 0.5) is 0 Å². The zero-order chi connectivity index (χ0) is 5.11. The van der Waals surface area contributed by atoms with Crippen LogP contribution >= 0.6 is 0 Å². The van der Waals surface area contributed by atoms with E-state index in [1.54, 1.807) is 0 Å². The zero-order valence-electron chi connectivity index (χ0n) is 3.22. The molecule has 0 radical (unpaired) electrons. The predicted octanol–water partition coefficient (Wildman–Crippen LogP) is 0.221. The molecular formula is CH2N5NaO. The molecule has 1 heterocycles. The van der Waals surface area contributed by atoms with Gasteiger partial charge in [0.1, 0.15) is 0 Å². The normalized spacial score (nSPS) is 16.0. The Hall–Kier alpha value is -0.200. The molecule has 0 amide bonds. The molecule has 1 aliphatic heterocycles. The fourth-order valence-electron chi connectivity index (χ4n) is 0.204. The van der Waals surface area contributed by atoms with Gasteiger partial charge in [-0.25, -0.2) is 0 Å². The van der Waals surface area contributed by atoms with E-state index in [-0.39, 0.29) is 29.6 Å². The van der Waals surface area contributed by atoms with Crippen LogP contribution in [0.25, 0.3) is 0 Å². The van der Waals surface area contributed by atoms with Crippen molar-refractivity contribution in [3.8, 4) is 0 Å². The molecule has 6 nitrogen and oxygen atoms in total. The third-order valence-corrected chi connectivity index (χ3v) is 0.444. The second-order valence-corrected chi connectivity index (χ2v) is 0.862. The first-order chi connectivity index (χ1) is 3.43. The minimum atomic E-state index is -0.917. The first kappa shape index (κ1) is 7.80. The quantitative estimate of drug-likeness (QED) is 0.362. The molecule has 0 saturated carbocycles. The fourth-order valence-corrected chi connectivity index (χ4v) is 0.204. The Morgan fingerprint density at radius 2 is 1.75 bits per heavy atom. The van der Waals surface area contributed by atoms with E-state index in [0.29, 0.717) is 0 Å². The van der Waals surface area contributed by atoms with E-state index in [2.05, 4.69) is 25.9 Å². The van der Waals surface area contributed by atoms with Gasteiger partial charge in [0.15, 0.2) is 0 Å². The van der Waals surface area contributed by atoms with Crippen LogP contribution in [0.3, 0.4) is 0 Å². The molecule has 0 spiro atoms. The van der Waals surface area contributed by atoms with Crippen LogP contribution in [0.2, 0.25) is 0 Å². The van der Waals surface area contributed by atoms with Crippen LogP contribution in [0.5, 0.6) is 0 Å². The second-order valence-electron chi connectivity index (χ2n) is 0.862. The summed E-state index contributed by atoms with van der Waals surface area (Å²) in [6.07, 6.45) is -0.917. The van der Waals surface area contributed by atoms with Gasteiger partial charge in [0.05, 0.1) is 0 Å². The van der Waals surface area contributed by atoms with Crippen molar-refractivity contribution in [2.45, 2.75) is 6.29 Å². The summed E-state index contributed by atoms with van der Waals surface area (Å²) in [4.78, 5) is 9.45. The number of nitrogens with zero attached hydrogens (tertiary/aromatic N) is 5. The van der Waals surface area contributed by atoms with Crippen molar-refractivity contribution in [1.82, 2.24) is 0 Å². The number of nitroso groups, excluding NO2 is 1. The summed E-state index contributed by atoms with van der Waals surface area (Å²) in [6, 6.07) is 0. The van der Waals surface area contributed by atoms with Gasteiger partial charge in [-0.1, -0.05) is 0 Å². The molecule has 1 rings (SSSR count). The predicted molar refractivity (Wildman–Crippen MR) is 26.4 cm³/mol. The van der Waals surface area contributed by atoms with Gasteiger partial charge in [-0.05, 0) is 15.6 Å². The van der Waals surface area contributed by atoms with Crippen LogP contribution < -0.4 is 0 Å². The summed E-state index contributed by atoms with van der Waals surface area (Å²) in [7, 11) is 0. The zero-order valence-corrected chi connectivity index (χ0v) is 3.22. The van der Waals surface area contributed by atoms with E-state index in [4.69, 9.17) is 0 Å². The Bertz CT molecular complexity index is 118. The summed E-state index contributed by atoms with van der Waals surface area (Å²) in [5.74, 6) is 0. The van der Waals surface area contributed by atoms with Crippen molar-refractivity contribution in [2.75, 3.05) is 0 Å². The van der Waals surface area contributed by atoms with E-state index in [0.717, 1.165) is 0 Å². The van der Waals surface area contributed by atoms with Crippen molar-refractivity contribution in [3.05, 3.63) is 4.91 Å². The molecule has 0 N–H and O–H groups in total. The molecule has 0 aromatic heterocycles. The standard InChI is InChI=1S/CHN5O.Na.H/c7-4-1-2-5-6-3-1;;/h1H;;. The van der Waals surface area contributed by atoms with E-state index in [1.807, 2.05) is 0 Å². The van der Waals surface area contributed by atoms with Crippen LogP contribution in [0.1, 0.15) is 0 Å².